The van der Waals surface area contributed by atoms with Gasteiger partial charge in [-0.3, -0.25) is 15.0 Å². The molecule has 9 nitrogen and oxygen atoms in total. The monoisotopic (exact) mass is 449 g/mol. The smallest absolute Gasteiger partial charge is 0.407 e. The van der Waals surface area contributed by atoms with Crippen molar-refractivity contribution in [3.8, 4) is 11.1 Å². The Morgan fingerprint density at radius 1 is 1.06 bits per heavy atom. The SMILES string of the molecule is O=C1CC(C(=O)O)N(C(=O)C(NC(=O)OCC2c3ccccc3-c3ccccc32)C2CC2)N1. The van der Waals surface area contributed by atoms with Gasteiger partial charge in [-0.2, -0.15) is 0 Å². The Morgan fingerprint density at radius 2 is 1.67 bits per heavy atom. The van der Waals surface area contributed by atoms with Crippen LogP contribution in [0, 0.1) is 5.92 Å². The minimum Gasteiger partial charge on any atom is -0.480 e. The van der Waals surface area contributed by atoms with E-state index in [1.54, 1.807) is 0 Å². The topological polar surface area (TPSA) is 125 Å². The maximum atomic E-state index is 13.0. The highest BCUT2D eigenvalue weighted by atomic mass is 16.5. The highest BCUT2D eigenvalue weighted by molar-refractivity contribution is 5.96. The van der Waals surface area contributed by atoms with Gasteiger partial charge in [-0.15, -0.1) is 0 Å². The van der Waals surface area contributed by atoms with Gasteiger partial charge in [0, 0.05) is 5.92 Å². The van der Waals surface area contributed by atoms with Crippen molar-refractivity contribution in [2.45, 2.75) is 37.3 Å². The normalized spacial score (nSPS) is 19.9. The first-order valence-electron chi connectivity index (χ1n) is 10.9. The summed E-state index contributed by atoms with van der Waals surface area (Å²) in [6.45, 7) is 0.101. The number of nitrogens with zero attached hydrogens (tertiary/aromatic N) is 1. The third kappa shape index (κ3) is 3.90. The van der Waals surface area contributed by atoms with E-state index in [1.165, 1.54) is 0 Å². The van der Waals surface area contributed by atoms with Gasteiger partial charge in [0.15, 0.2) is 6.04 Å². The molecule has 0 aromatic heterocycles. The number of nitrogens with one attached hydrogen (secondary N) is 2. The third-order valence-corrected chi connectivity index (χ3v) is 6.43. The van der Waals surface area contributed by atoms with Crippen LogP contribution in [-0.2, 0) is 19.1 Å². The van der Waals surface area contributed by atoms with Gasteiger partial charge < -0.3 is 15.2 Å². The Balaban J connectivity index is 1.27. The van der Waals surface area contributed by atoms with Crippen LogP contribution in [0.3, 0.4) is 0 Å². The van der Waals surface area contributed by atoms with E-state index < -0.39 is 36.0 Å². The van der Waals surface area contributed by atoms with Crippen LogP contribution in [0.25, 0.3) is 11.1 Å². The number of aliphatic carboxylic acids is 1. The van der Waals surface area contributed by atoms with Gasteiger partial charge >= 0.3 is 12.1 Å². The third-order valence-electron chi connectivity index (χ3n) is 6.43. The number of benzene rings is 2. The van der Waals surface area contributed by atoms with E-state index in [9.17, 15) is 24.3 Å². The van der Waals surface area contributed by atoms with E-state index in [2.05, 4.69) is 10.7 Å². The second kappa shape index (κ2) is 8.23. The number of hydrazine groups is 1. The maximum Gasteiger partial charge on any atom is 0.407 e. The molecule has 0 bridgehead atoms. The molecule has 3 amide bonds. The number of rotatable bonds is 6. The minimum atomic E-state index is -1.30. The van der Waals surface area contributed by atoms with Crippen molar-refractivity contribution in [2.75, 3.05) is 6.61 Å². The van der Waals surface area contributed by atoms with Crippen LogP contribution in [0.5, 0.6) is 0 Å². The van der Waals surface area contributed by atoms with Crippen LogP contribution >= 0.6 is 0 Å². The summed E-state index contributed by atoms with van der Waals surface area (Å²) in [5.41, 5.74) is 6.66. The molecule has 3 aliphatic rings. The zero-order valence-electron chi connectivity index (χ0n) is 17.7. The maximum absolute atomic E-state index is 13.0. The van der Waals surface area contributed by atoms with Gasteiger partial charge in [-0.1, -0.05) is 48.5 Å². The molecule has 2 fully saturated rings. The van der Waals surface area contributed by atoms with E-state index in [4.69, 9.17) is 4.74 Å². The highest BCUT2D eigenvalue weighted by Gasteiger charge is 2.46. The Labute approximate surface area is 189 Å². The molecule has 170 valence electrons. The second-order valence-corrected chi connectivity index (χ2v) is 8.59. The lowest BCUT2D eigenvalue weighted by molar-refractivity contribution is -0.151. The molecular formula is C24H23N3O6. The van der Waals surface area contributed by atoms with Crippen molar-refractivity contribution in [3.05, 3.63) is 59.7 Å². The van der Waals surface area contributed by atoms with Gasteiger partial charge in [0.2, 0.25) is 5.91 Å². The van der Waals surface area contributed by atoms with Crippen molar-refractivity contribution < 1.29 is 29.0 Å². The molecule has 0 radical (unpaired) electrons. The average molecular weight is 449 g/mol. The van der Waals surface area contributed by atoms with E-state index in [-0.39, 0.29) is 24.9 Å². The number of hydrogen-bond acceptors (Lipinski definition) is 5. The Morgan fingerprint density at radius 3 is 2.24 bits per heavy atom. The number of carboxylic acids is 1. The molecule has 1 aliphatic heterocycles. The molecule has 33 heavy (non-hydrogen) atoms. The van der Waals surface area contributed by atoms with Crippen LogP contribution in [0.2, 0.25) is 0 Å². The lowest BCUT2D eigenvalue weighted by atomic mass is 9.98. The summed E-state index contributed by atoms with van der Waals surface area (Å²) in [5.74, 6) is -2.72. The number of carbonyl (C=O) groups is 4. The molecule has 1 saturated heterocycles. The summed E-state index contributed by atoms with van der Waals surface area (Å²) in [4.78, 5) is 48.8. The first kappa shape index (κ1) is 21.0. The Bertz CT molecular complexity index is 1100. The van der Waals surface area contributed by atoms with E-state index in [0.717, 1.165) is 40.1 Å². The zero-order valence-corrected chi connectivity index (χ0v) is 17.7. The average Bonchev–Trinajstić information content (AvgIpc) is 3.50. The molecule has 2 unspecified atom stereocenters. The molecule has 3 N–H and O–H groups in total. The number of hydrogen-bond donors (Lipinski definition) is 3. The summed E-state index contributed by atoms with van der Waals surface area (Å²) in [6.07, 6.45) is 0.377. The Kier molecular flexibility index (Phi) is 5.24. The first-order valence-corrected chi connectivity index (χ1v) is 10.9. The highest BCUT2D eigenvalue weighted by Crippen LogP contribution is 2.44. The van der Waals surface area contributed by atoms with Gasteiger partial charge in [0.25, 0.3) is 5.91 Å². The molecule has 2 atom stereocenters. The predicted octanol–water partition coefficient (Wildman–Crippen LogP) is 2.02. The summed E-state index contributed by atoms with van der Waals surface area (Å²) in [5, 5.41) is 12.8. The lowest BCUT2D eigenvalue weighted by Gasteiger charge is -2.26. The largest absolute Gasteiger partial charge is 0.480 e. The standard InChI is InChI=1S/C24H23N3O6/c28-20-11-19(23(30)31)27(26-20)22(29)21(13-9-10-13)25-24(32)33-12-18-16-7-3-1-5-14(16)15-6-2-4-8-17(15)18/h1-8,13,18-19,21H,9-12H2,(H,25,32)(H,26,28)(H,30,31). The lowest BCUT2D eigenvalue weighted by Crippen LogP contribution is -2.56. The van der Waals surface area contributed by atoms with Gasteiger partial charge in [-0.05, 0) is 41.0 Å². The van der Waals surface area contributed by atoms with Crippen molar-refractivity contribution in [1.82, 2.24) is 15.8 Å². The summed E-state index contributed by atoms with van der Waals surface area (Å²) < 4.78 is 5.53. The van der Waals surface area contributed by atoms with Crippen LogP contribution in [-0.4, -0.2) is 52.7 Å². The zero-order chi connectivity index (χ0) is 23.1. The minimum absolute atomic E-state index is 0.101. The number of carbonyl (C=O) groups excluding carboxylic acids is 3. The Hall–Kier alpha value is -3.88. The molecular weight excluding hydrogens is 426 g/mol. The molecule has 2 aromatic carbocycles. The number of amides is 3. The van der Waals surface area contributed by atoms with E-state index >= 15 is 0 Å². The summed E-state index contributed by atoms with van der Waals surface area (Å²) in [7, 11) is 0. The number of carboxylic acid groups (broad SMARTS) is 1. The van der Waals surface area contributed by atoms with Crippen LogP contribution in [0.15, 0.2) is 48.5 Å². The fraction of sp³-hybridized carbons (Fsp3) is 0.333. The summed E-state index contributed by atoms with van der Waals surface area (Å²) in [6, 6.07) is 13.7. The number of fused-ring (bicyclic) bond motifs is 3. The van der Waals surface area contributed by atoms with Crippen molar-refractivity contribution >= 4 is 23.9 Å². The van der Waals surface area contributed by atoms with Crippen LogP contribution in [0.1, 0.15) is 36.3 Å². The van der Waals surface area contributed by atoms with Gasteiger partial charge in [0.05, 0.1) is 6.42 Å². The van der Waals surface area contributed by atoms with Crippen LogP contribution in [0.4, 0.5) is 4.79 Å². The summed E-state index contributed by atoms with van der Waals surface area (Å²) >= 11 is 0. The van der Waals surface area contributed by atoms with Crippen molar-refractivity contribution in [1.29, 1.82) is 0 Å². The molecule has 1 heterocycles. The van der Waals surface area contributed by atoms with Crippen molar-refractivity contribution in [3.63, 3.8) is 0 Å². The van der Waals surface area contributed by atoms with Gasteiger partial charge in [-0.25, -0.2) is 14.6 Å². The molecule has 5 rings (SSSR count). The quantitative estimate of drug-likeness (QED) is 0.620. The van der Waals surface area contributed by atoms with E-state index in [1.807, 2.05) is 48.5 Å². The number of alkyl carbamates (subject to hydrolysis) is 1. The molecule has 2 aliphatic carbocycles. The van der Waals surface area contributed by atoms with Crippen LogP contribution < -0.4 is 10.7 Å². The molecule has 9 heteroatoms. The fourth-order valence-corrected chi connectivity index (χ4v) is 4.66. The molecule has 0 spiro atoms. The predicted molar refractivity (Wildman–Crippen MR) is 116 cm³/mol. The van der Waals surface area contributed by atoms with E-state index in [0.29, 0.717) is 0 Å². The van der Waals surface area contributed by atoms with Crippen molar-refractivity contribution in [2.24, 2.45) is 5.92 Å². The first-order chi connectivity index (χ1) is 15.9. The fourth-order valence-electron chi connectivity index (χ4n) is 4.66. The second-order valence-electron chi connectivity index (χ2n) is 8.59. The molecule has 1 saturated carbocycles. The molecule has 2 aromatic rings. The van der Waals surface area contributed by atoms with Gasteiger partial charge in [0.1, 0.15) is 12.6 Å². The number of ether oxygens (including phenoxy) is 1.